The summed E-state index contributed by atoms with van der Waals surface area (Å²) in [7, 11) is 0. The van der Waals surface area contributed by atoms with E-state index in [9.17, 15) is 0 Å². The number of aromatic nitrogens is 2. The highest BCUT2D eigenvalue weighted by atomic mass is 32.1. The van der Waals surface area contributed by atoms with Crippen LogP contribution in [0.15, 0.2) is 35.7 Å². The van der Waals surface area contributed by atoms with Gasteiger partial charge in [-0.25, -0.2) is 0 Å². The molecule has 0 N–H and O–H groups in total. The molecule has 0 aliphatic rings. The minimum atomic E-state index is 0.970. The molecular weight excluding hydrogens is 180 g/mol. The van der Waals surface area contributed by atoms with E-state index < -0.39 is 0 Å². The summed E-state index contributed by atoms with van der Waals surface area (Å²) in [6.45, 7) is 0. The zero-order valence-electron chi connectivity index (χ0n) is 6.77. The topological polar surface area (TPSA) is 25.8 Å². The van der Waals surface area contributed by atoms with E-state index in [1.807, 2.05) is 29.6 Å². The Kier molecular flexibility index (Phi) is 1.34. The SMILES string of the molecule is c1ccc2c(c1)nnc1ccsc12. The van der Waals surface area contributed by atoms with Gasteiger partial charge in [-0.05, 0) is 17.5 Å². The normalized spacial score (nSPS) is 11.1. The molecule has 0 radical (unpaired) electrons. The zero-order chi connectivity index (χ0) is 8.67. The lowest BCUT2D eigenvalue weighted by Crippen LogP contribution is -1.82. The van der Waals surface area contributed by atoms with E-state index in [1.165, 1.54) is 10.1 Å². The van der Waals surface area contributed by atoms with Crippen molar-refractivity contribution in [1.82, 2.24) is 10.2 Å². The molecule has 0 saturated carbocycles. The Balaban J connectivity index is 2.65. The van der Waals surface area contributed by atoms with Crippen LogP contribution in [-0.2, 0) is 0 Å². The van der Waals surface area contributed by atoms with Crippen molar-refractivity contribution in [2.75, 3.05) is 0 Å². The van der Waals surface area contributed by atoms with Gasteiger partial charge in [0.05, 0.1) is 10.2 Å². The quantitative estimate of drug-likeness (QED) is 0.539. The number of rotatable bonds is 0. The molecular formula is C10H6N2S. The van der Waals surface area contributed by atoms with E-state index in [1.54, 1.807) is 11.3 Å². The third-order valence-corrected chi connectivity index (χ3v) is 3.00. The van der Waals surface area contributed by atoms with Gasteiger partial charge in [-0.2, -0.15) is 0 Å². The number of nitrogens with zero attached hydrogens (tertiary/aromatic N) is 2. The van der Waals surface area contributed by atoms with Gasteiger partial charge in [0.1, 0.15) is 5.52 Å². The Morgan fingerprint density at radius 3 is 2.77 bits per heavy atom. The Morgan fingerprint density at radius 2 is 1.77 bits per heavy atom. The summed E-state index contributed by atoms with van der Waals surface area (Å²) in [4.78, 5) is 0. The first-order chi connectivity index (χ1) is 6.45. The summed E-state index contributed by atoms with van der Waals surface area (Å²) in [6.07, 6.45) is 0. The minimum absolute atomic E-state index is 0.970. The summed E-state index contributed by atoms with van der Waals surface area (Å²) >= 11 is 1.71. The molecule has 0 aliphatic carbocycles. The highest BCUT2D eigenvalue weighted by molar-refractivity contribution is 7.18. The van der Waals surface area contributed by atoms with E-state index in [0.29, 0.717) is 0 Å². The number of thiophene rings is 1. The lowest BCUT2D eigenvalue weighted by Gasteiger charge is -1.95. The second kappa shape index (κ2) is 2.50. The number of benzene rings is 1. The van der Waals surface area contributed by atoms with Gasteiger partial charge >= 0.3 is 0 Å². The van der Waals surface area contributed by atoms with E-state index in [2.05, 4.69) is 16.3 Å². The molecule has 0 spiro atoms. The number of hydrogen-bond donors (Lipinski definition) is 0. The van der Waals surface area contributed by atoms with Crippen LogP contribution in [0.5, 0.6) is 0 Å². The molecule has 2 heterocycles. The molecule has 2 aromatic heterocycles. The zero-order valence-corrected chi connectivity index (χ0v) is 7.58. The van der Waals surface area contributed by atoms with Crippen molar-refractivity contribution in [3.05, 3.63) is 35.7 Å². The third-order valence-electron chi connectivity index (χ3n) is 2.06. The molecule has 0 bridgehead atoms. The van der Waals surface area contributed by atoms with Crippen LogP contribution in [0.25, 0.3) is 21.1 Å². The average molecular weight is 186 g/mol. The molecule has 0 saturated heterocycles. The summed E-state index contributed by atoms with van der Waals surface area (Å²) < 4.78 is 1.23. The Morgan fingerprint density at radius 1 is 0.923 bits per heavy atom. The second-order valence-corrected chi connectivity index (χ2v) is 3.77. The van der Waals surface area contributed by atoms with Gasteiger partial charge in [-0.1, -0.05) is 18.2 Å². The summed E-state index contributed by atoms with van der Waals surface area (Å²) in [5.41, 5.74) is 1.96. The lowest BCUT2D eigenvalue weighted by molar-refractivity contribution is 1.13. The molecule has 1 aromatic carbocycles. The monoisotopic (exact) mass is 186 g/mol. The highest BCUT2D eigenvalue weighted by Gasteiger charge is 2.02. The van der Waals surface area contributed by atoms with Crippen LogP contribution in [-0.4, -0.2) is 10.2 Å². The van der Waals surface area contributed by atoms with Gasteiger partial charge in [0.15, 0.2) is 0 Å². The molecule has 13 heavy (non-hydrogen) atoms. The van der Waals surface area contributed by atoms with Crippen LogP contribution >= 0.6 is 11.3 Å². The molecule has 3 rings (SSSR count). The minimum Gasteiger partial charge on any atom is -0.150 e. The largest absolute Gasteiger partial charge is 0.150 e. The van der Waals surface area contributed by atoms with E-state index in [0.717, 1.165) is 11.0 Å². The maximum Gasteiger partial charge on any atom is 0.104 e. The van der Waals surface area contributed by atoms with E-state index in [4.69, 9.17) is 0 Å². The standard InChI is InChI=1S/C10H6N2S/c1-2-4-8-7(3-1)10-9(12-11-8)5-6-13-10/h1-6H. The molecule has 62 valence electrons. The van der Waals surface area contributed by atoms with Gasteiger partial charge in [0.25, 0.3) is 0 Å². The molecule has 3 aromatic rings. The van der Waals surface area contributed by atoms with E-state index in [-0.39, 0.29) is 0 Å². The Bertz CT molecular complexity index is 571. The van der Waals surface area contributed by atoms with Crippen molar-refractivity contribution in [1.29, 1.82) is 0 Å². The molecule has 0 aliphatic heterocycles. The molecule has 3 heteroatoms. The third kappa shape index (κ3) is 0.939. The van der Waals surface area contributed by atoms with Crippen molar-refractivity contribution < 1.29 is 0 Å². The van der Waals surface area contributed by atoms with Crippen LogP contribution in [0, 0.1) is 0 Å². The summed E-state index contributed by atoms with van der Waals surface area (Å²) in [5.74, 6) is 0. The smallest absolute Gasteiger partial charge is 0.104 e. The fraction of sp³-hybridized carbons (Fsp3) is 0. The van der Waals surface area contributed by atoms with Gasteiger partial charge < -0.3 is 0 Å². The fourth-order valence-corrected chi connectivity index (χ4v) is 2.31. The van der Waals surface area contributed by atoms with Crippen LogP contribution < -0.4 is 0 Å². The Hall–Kier alpha value is -1.48. The van der Waals surface area contributed by atoms with Crippen LogP contribution in [0.1, 0.15) is 0 Å². The fourth-order valence-electron chi connectivity index (χ4n) is 1.44. The van der Waals surface area contributed by atoms with E-state index >= 15 is 0 Å². The number of fused-ring (bicyclic) bond motifs is 3. The maximum absolute atomic E-state index is 4.14. The van der Waals surface area contributed by atoms with Crippen molar-refractivity contribution in [2.24, 2.45) is 0 Å². The molecule has 0 fully saturated rings. The van der Waals surface area contributed by atoms with Gasteiger partial charge in [0, 0.05) is 5.39 Å². The molecule has 0 atom stereocenters. The van der Waals surface area contributed by atoms with Crippen molar-refractivity contribution in [3.8, 4) is 0 Å². The van der Waals surface area contributed by atoms with Crippen LogP contribution in [0.3, 0.4) is 0 Å². The Labute approximate surface area is 78.8 Å². The van der Waals surface area contributed by atoms with Gasteiger partial charge in [-0.15, -0.1) is 21.5 Å². The van der Waals surface area contributed by atoms with Crippen LogP contribution in [0.2, 0.25) is 0 Å². The second-order valence-electron chi connectivity index (χ2n) is 2.85. The first-order valence-corrected chi connectivity index (χ1v) is 4.92. The van der Waals surface area contributed by atoms with Gasteiger partial charge in [0.2, 0.25) is 0 Å². The maximum atomic E-state index is 4.14. The van der Waals surface area contributed by atoms with Crippen molar-refractivity contribution in [2.45, 2.75) is 0 Å². The van der Waals surface area contributed by atoms with Crippen LogP contribution in [0.4, 0.5) is 0 Å². The average Bonchev–Trinajstić information content (AvgIpc) is 2.65. The summed E-state index contributed by atoms with van der Waals surface area (Å²) in [5, 5.41) is 11.5. The van der Waals surface area contributed by atoms with Gasteiger partial charge in [-0.3, -0.25) is 0 Å². The molecule has 0 unspecified atom stereocenters. The molecule has 2 nitrogen and oxygen atoms in total. The molecule has 0 amide bonds. The van der Waals surface area contributed by atoms with Crippen molar-refractivity contribution in [3.63, 3.8) is 0 Å². The number of hydrogen-bond acceptors (Lipinski definition) is 3. The first-order valence-electron chi connectivity index (χ1n) is 4.04. The van der Waals surface area contributed by atoms with Crippen molar-refractivity contribution >= 4 is 32.5 Å². The predicted octanol–water partition coefficient (Wildman–Crippen LogP) is 2.84. The summed E-state index contributed by atoms with van der Waals surface area (Å²) in [6, 6.07) is 10.1. The lowest BCUT2D eigenvalue weighted by atomic mass is 10.2. The highest BCUT2D eigenvalue weighted by Crippen LogP contribution is 2.25. The first kappa shape index (κ1) is 6.97. The predicted molar refractivity (Wildman–Crippen MR) is 54.9 cm³/mol.